The Labute approximate surface area is 208 Å². The maximum atomic E-state index is 14.5. The standard InChI is InChI=1S/C24H23BrFN3O4S/c1-3-33-24(31)17-19(13-7-9-14(10-8-13)23(30)32-2)28-21(22-27-11-12-34-22)29-20(17)15-5-4-6-16(26)18(15)25/h4-6,9,11-13,20H,3,7-8,10H2,1-2H3,(H,28,29)/t13-,20?/m0/s1. The number of hydrogen-bond acceptors (Lipinski definition) is 8. The second-order valence-corrected chi connectivity index (χ2v) is 9.41. The Bertz CT molecular complexity index is 1190. The second kappa shape index (κ2) is 10.6. The van der Waals surface area contributed by atoms with Gasteiger partial charge in [-0.2, -0.15) is 0 Å². The third-order valence-corrected chi connectivity index (χ3v) is 7.36. The monoisotopic (exact) mass is 547 g/mol. The molecule has 1 aliphatic carbocycles. The summed E-state index contributed by atoms with van der Waals surface area (Å²) in [7, 11) is 1.36. The maximum Gasteiger partial charge on any atom is 0.338 e. The number of hydrogen-bond donors (Lipinski definition) is 1. The predicted molar refractivity (Wildman–Crippen MR) is 130 cm³/mol. The first-order chi connectivity index (χ1) is 16.4. The molecule has 0 fully saturated rings. The van der Waals surface area contributed by atoms with Crippen molar-refractivity contribution in [1.82, 2.24) is 10.3 Å². The molecule has 0 bridgehead atoms. The van der Waals surface area contributed by atoms with Crippen LogP contribution >= 0.6 is 27.3 Å². The largest absolute Gasteiger partial charge is 0.466 e. The molecule has 1 N–H and O–H groups in total. The van der Waals surface area contributed by atoms with Gasteiger partial charge in [-0.05, 0) is 53.7 Å². The highest BCUT2D eigenvalue weighted by Crippen LogP contribution is 2.41. The summed E-state index contributed by atoms with van der Waals surface area (Å²) in [6.45, 7) is 1.92. The minimum atomic E-state index is -0.801. The van der Waals surface area contributed by atoms with Gasteiger partial charge >= 0.3 is 11.9 Å². The molecule has 0 spiro atoms. The Hall–Kier alpha value is -2.85. The maximum absolute atomic E-state index is 14.5. The number of thiazole rings is 1. The van der Waals surface area contributed by atoms with Gasteiger partial charge in [0, 0.05) is 28.8 Å². The van der Waals surface area contributed by atoms with Crippen LogP contribution in [0, 0.1) is 11.7 Å². The highest BCUT2D eigenvalue weighted by Gasteiger charge is 2.37. The van der Waals surface area contributed by atoms with E-state index in [2.05, 4.69) is 26.2 Å². The van der Waals surface area contributed by atoms with E-state index in [9.17, 15) is 14.0 Å². The van der Waals surface area contributed by atoms with Crippen LogP contribution in [0.1, 0.15) is 42.8 Å². The van der Waals surface area contributed by atoms with Crippen LogP contribution in [0.3, 0.4) is 0 Å². The number of aromatic nitrogens is 1. The highest BCUT2D eigenvalue weighted by molar-refractivity contribution is 9.10. The highest BCUT2D eigenvalue weighted by atomic mass is 79.9. The second-order valence-electron chi connectivity index (χ2n) is 7.73. The Kier molecular flexibility index (Phi) is 7.57. The van der Waals surface area contributed by atoms with Crippen LogP contribution in [0.4, 0.5) is 4.39 Å². The molecule has 1 aromatic heterocycles. The molecule has 2 aromatic rings. The van der Waals surface area contributed by atoms with Crippen molar-refractivity contribution in [1.29, 1.82) is 0 Å². The molecule has 34 heavy (non-hydrogen) atoms. The van der Waals surface area contributed by atoms with E-state index in [-0.39, 0.29) is 23.0 Å². The molecular formula is C24H23BrFN3O4S. The van der Waals surface area contributed by atoms with Crippen molar-refractivity contribution < 1.29 is 23.5 Å². The molecule has 178 valence electrons. The van der Waals surface area contributed by atoms with Crippen molar-refractivity contribution in [3.05, 3.63) is 73.6 Å². The molecule has 1 aliphatic heterocycles. The summed E-state index contributed by atoms with van der Waals surface area (Å²) in [5.74, 6) is -0.915. The lowest BCUT2D eigenvalue weighted by Crippen LogP contribution is -2.37. The molecule has 1 unspecified atom stereocenters. The summed E-state index contributed by atoms with van der Waals surface area (Å²) in [5, 5.41) is 5.82. The molecule has 0 saturated heterocycles. The van der Waals surface area contributed by atoms with Gasteiger partial charge in [0.2, 0.25) is 0 Å². The van der Waals surface area contributed by atoms with Crippen molar-refractivity contribution >= 4 is 45.0 Å². The summed E-state index contributed by atoms with van der Waals surface area (Å²) in [6.07, 6.45) is 5.18. The van der Waals surface area contributed by atoms with Gasteiger partial charge in [-0.15, -0.1) is 11.3 Å². The molecule has 7 nitrogen and oxygen atoms in total. The van der Waals surface area contributed by atoms with E-state index >= 15 is 0 Å². The first kappa shape index (κ1) is 24.3. The van der Waals surface area contributed by atoms with Gasteiger partial charge in [0.05, 0.1) is 23.8 Å². The average molecular weight is 548 g/mol. The van der Waals surface area contributed by atoms with Crippen LogP contribution in [0.2, 0.25) is 0 Å². The minimum absolute atomic E-state index is 0.104. The summed E-state index contributed by atoms with van der Waals surface area (Å²) in [5.41, 5.74) is 2.11. The van der Waals surface area contributed by atoms with E-state index in [1.54, 1.807) is 25.3 Å². The lowest BCUT2D eigenvalue weighted by molar-refractivity contribution is -0.139. The lowest BCUT2D eigenvalue weighted by atomic mass is 9.82. The fraction of sp³-hybridized carbons (Fsp3) is 0.333. The van der Waals surface area contributed by atoms with Gasteiger partial charge in [0.25, 0.3) is 0 Å². The van der Waals surface area contributed by atoms with Gasteiger partial charge < -0.3 is 14.8 Å². The van der Waals surface area contributed by atoms with Gasteiger partial charge in [-0.1, -0.05) is 18.2 Å². The Morgan fingerprint density at radius 1 is 1.32 bits per heavy atom. The van der Waals surface area contributed by atoms with Crippen LogP contribution in [0.25, 0.3) is 0 Å². The predicted octanol–water partition coefficient (Wildman–Crippen LogP) is 4.85. The molecule has 0 amide bonds. The van der Waals surface area contributed by atoms with Gasteiger partial charge in [-0.25, -0.2) is 19.0 Å². The number of nitrogens with one attached hydrogen (secondary N) is 1. The zero-order valence-electron chi connectivity index (χ0n) is 18.6. The van der Waals surface area contributed by atoms with Crippen molar-refractivity contribution in [3.8, 4) is 0 Å². The number of carbonyl (C=O) groups excluding carboxylic acids is 2. The van der Waals surface area contributed by atoms with E-state index < -0.39 is 17.8 Å². The van der Waals surface area contributed by atoms with Crippen LogP contribution in [0.15, 0.2) is 62.2 Å². The normalized spacial score (nSPS) is 20.2. The topological polar surface area (TPSA) is 89.9 Å². The van der Waals surface area contributed by atoms with Crippen LogP contribution < -0.4 is 5.32 Å². The fourth-order valence-corrected chi connectivity index (χ4v) is 5.21. The number of ether oxygens (including phenoxy) is 2. The number of nitrogens with zero attached hydrogens (tertiary/aromatic N) is 2. The summed E-state index contributed by atoms with van der Waals surface area (Å²) in [6, 6.07) is 3.86. The fourth-order valence-electron chi connectivity index (χ4n) is 4.14. The van der Waals surface area contributed by atoms with Gasteiger partial charge in [-0.3, -0.25) is 4.99 Å². The van der Waals surface area contributed by atoms with Crippen LogP contribution in [-0.4, -0.2) is 36.5 Å². The first-order valence-electron chi connectivity index (χ1n) is 10.8. The molecule has 2 aliphatic rings. The molecule has 4 rings (SSSR count). The summed E-state index contributed by atoms with van der Waals surface area (Å²) in [4.78, 5) is 34.4. The SMILES string of the molecule is CCOC(=O)C1=C([C@H]2CC=C(C(=O)OC)CC2)NC(c2nccs2)=NC1c1cccc(F)c1Br. The van der Waals surface area contributed by atoms with E-state index in [0.29, 0.717) is 52.5 Å². The van der Waals surface area contributed by atoms with Crippen molar-refractivity contribution in [2.24, 2.45) is 10.9 Å². The quantitative estimate of drug-likeness (QED) is 0.520. The first-order valence-corrected chi connectivity index (χ1v) is 12.5. The number of rotatable bonds is 6. The summed E-state index contributed by atoms with van der Waals surface area (Å²) < 4.78 is 25.0. The Morgan fingerprint density at radius 3 is 2.79 bits per heavy atom. The Morgan fingerprint density at radius 2 is 2.15 bits per heavy atom. The smallest absolute Gasteiger partial charge is 0.338 e. The number of halogens is 2. The van der Waals surface area contributed by atoms with Crippen LogP contribution in [-0.2, 0) is 19.1 Å². The molecule has 10 heteroatoms. The lowest BCUT2D eigenvalue weighted by Gasteiger charge is -2.32. The third kappa shape index (κ3) is 4.83. The van der Waals surface area contributed by atoms with E-state index in [1.165, 1.54) is 24.5 Å². The van der Waals surface area contributed by atoms with Crippen LogP contribution in [0.5, 0.6) is 0 Å². The zero-order valence-corrected chi connectivity index (χ0v) is 21.0. The molecule has 2 heterocycles. The number of esters is 2. The molecule has 1 aromatic carbocycles. The molecule has 0 saturated carbocycles. The zero-order chi connectivity index (χ0) is 24.2. The number of amidine groups is 1. The number of benzene rings is 1. The Balaban J connectivity index is 1.85. The van der Waals surface area contributed by atoms with E-state index in [1.807, 2.05) is 11.5 Å². The molecule has 2 atom stereocenters. The van der Waals surface area contributed by atoms with Crippen molar-refractivity contribution in [2.75, 3.05) is 13.7 Å². The van der Waals surface area contributed by atoms with Crippen molar-refractivity contribution in [2.45, 2.75) is 32.2 Å². The number of carbonyl (C=O) groups is 2. The third-order valence-electron chi connectivity index (χ3n) is 5.75. The van der Waals surface area contributed by atoms with E-state index in [0.717, 1.165) is 0 Å². The molecular weight excluding hydrogens is 525 g/mol. The molecule has 0 radical (unpaired) electrons. The summed E-state index contributed by atoms with van der Waals surface area (Å²) >= 11 is 4.74. The average Bonchev–Trinajstić information content (AvgIpc) is 3.40. The number of aliphatic imine (C=N–C) groups is 1. The number of allylic oxidation sites excluding steroid dienone is 2. The number of methoxy groups -OCH3 is 1. The van der Waals surface area contributed by atoms with Crippen molar-refractivity contribution in [3.63, 3.8) is 0 Å². The minimum Gasteiger partial charge on any atom is -0.466 e. The van der Waals surface area contributed by atoms with Gasteiger partial charge in [0.1, 0.15) is 11.9 Å². The van der Waals surface area contributed by atoms with E-state index in [4.69, 9.17) is 14.5 Å². The van der Waals surface area contributed by atoms with Gasteiger partial charge in [0.15, 0.2) is 10.8 Å².